The molecule has 9 heteroatoms. The molecule has 210 valence electrons. The predicted octanol–water partition coefficient (Wildman–Crippen LogP) is 5.09. The number of urea groups is 1. The van der Waals surface area contributed by atoms with Gasteiger partial charge in [0.25, 0.3) is 0 Å². The molecule has 0 saturated carbocycles. The standard InChI is InChI=1S/C30H38Cl2N4O3/c1-2-33-28(38)30(20-22-10-5-3-6-11-22)14-9-17-36(21-30)27(37)26(19-23-12-13-24(31)25(32)18-23)34-29(39)35-15-7-4-8-16-35/h3,5-6,10-13,18,26H,2,4,7-9,14-17,19-21H2,1H3,(H,33,38)(H,34,39)/t26?,30-/m0/s1. The van der Waals surface area contributed by atoms with Crippen molar-refractivity contribution >= 4 is 41.0 Å². The third-order valence-corrected chi connectivity index (χ3v) is 8.49. The van der Waals surface area contributed by atoms with E-state index in [-0.39, 0.29) is 24.3 Å². The van der Waals surface area contributed by atoms with Crippen LogP contribution in [0.4, 0.5) is 4.79 Å². The molecule has 2 aromatic carbocycles. The van der Waals surface area contributed by atoms with Crippen molar-refractivity contribution < 1.29 is 14.4 Å². The smallest absolute Gasteiger partial charge is 0.318 e. The van der Waals surface area contributed by atoms with Gasteiger partial charge in [-0.2, -0.15) is 0 Å². The molecular formula is C30H38Cl2N4O3. The molecule has 4 rings (SSSR count). The van der Waals surface area contributed by atoms with Crippen LogP contribution in [0.1, 0.15) is 50.2 Å². The normalized spacial score (nSPS) is 20.3. The molecule has 0 aliphatic carbocycles. The Hall–Kier alpha value is -2.77. The maximum atomic E-state index is 14.1. The summed E-state index contributed by atoms with van der Waals surface area (Å²) in [7, 11) is 0. The third-order valence-electron chi connectivity index (χ3n) is 7.76. The SMILES string of the molecule is CCNC(=O)[C@]1(Cc2ccccc2)CCCN(C(=O)C(Cc2ccc(Cl)c(Cl)c2)NC(=O)N2CCCCC2)C1. The highest BCUT2D eigenvalue weighted by Crippen LogP contribution is 2.35. The van der Waals surface area contributed by atoms with E-state index in [0.29, 0.717) is 62.0 Å². The van der Waals surface area contributed by atoms with Gasteiger partial charge in [0.05, 0.1) is 15.5 Å². The van der Waals surface area contributed by atoms with E-state index in [1.165, 1.54) is 0 Å². The van der Waals surface area contributed by atoms with Crippen molar-refractivity contribution in [3.63, 3.8) is 0 Å². The molecule has 2 atom stereocenters. The molecular weight excluding hydrogens is 535 g/mol. The van der Waals surface area contributed by atoms with Crippen LogP contribution in [0.3, 0.4) is 0 Å². The Morgan fingerprint density at radius 2 is 1.62 bits per heavy atom. The minimum atomic E-state index is -0.793. The van der Waals surface area contributed by atoms with Crippen LogP contribution in [0.2, 0.25) is 10.0 Å². The summed E-state index contributed by atoms with van der Waals surface area (Å²) >= 11 is 12.4. The Morgan fingerprint density at radius 1 is 0.897 bits per heavy atom. The van der Waals surface area contributed by atoms with Crippen LogP contribution in [-0.2, 0) is 22.4 Å². The number of nitrogens with one attached hydrogen (secondary N) is 2. The first-order chi connectivity index (χ1) is 18.8. The van der Waals surface area contributed by atoms with E-state index in [2.05, 4.69) is 10.6 Å². The van der Waals surface area contributed by atoms with Crippen molar-refractivity contribution in [2.75, 3.05) is 32.7 Å². The van der Waals surface area contributed by atoms with Crippen molar-refractivity contribution in [3.8, 4) is 0 Å². The first kappa shape index (κ1) is 29.2. The third kappa shape index (κ3) is 7.46. The predicted molar refractivity (Wildman–Crippen MR) is 155 cm³/mol. The second-order valence-corrected chi connectivity index (χ2v) is 11.5. The van der Waals surface area contributed by atoms with E-state index in [1.807, 2.05) is 43.3 Å². The fourth-order valence-electron chi connectivity index (χ4n) is 5.72. The van der Waals surface area contributed by atoms with Gasteiger partial charge < -0.3 is 20.4 Å². The summed E-state index contributed by atoms with van der Waals surface area (Å²) in [6, 6.07) is 14.2. The van der Waals surface area contributed by atoms with E-state index in [1.54, 1.807) is 21.9 Å². The van der Waals surface area contributed by atoms with Crippen LogP contribution in [0.5, 0.6) is 0 Å². The molecule has 39 heavy (non-hydrogen) atoms. The van der Waals surface area contributed by atoms with Gasteiger partial charge in [-0.1, -0.05) is 59.6 Å². The molecule has 2 heterocycles. The monoisotopic (exact) mass is 572 g/mol. The highest BCUT2D eigenvalue weighted by Gasteiger charge is 2.44. The van der Waals surface area contributed by atoms with Gasteiger partial charge >= 0.3 is 6.03 Å². The van der Waals surface area contributed by atoms with Crippen molar-refractivity contribution in [2.24, 2.45) is 5.41 Å². The number of carbonyl (C=O) groups is 3. The molecule has 2 saturated heterocycles. The molecule has 0 radical (unpaired) electrons. The van der Waals surface area contributed by atoms with Gasteiger partial charge in [0.2, 0.25) is 11.8 Å². The van der Waals surface area contributed by atoms with E-state index in [4.69, 9.17) is 23.2 Å². The highest BCUT2D eigenvalue weighted by molar-refractivity contribution is 6.42. The minimum absolute atomic E-state index is 0.0373. The molecule has 2 aliphatic heterocycles. The largest absolute Gasteiger partial charge is 0.356 e. The van der Waals surface area contributed by atoms with Crippen molar-refractivity contribution in [1.29, 1.82) is 0 Å². The zero-order chi connectivity index (χ0) is 27.8. The van der Waals surface area contributed by atoms with Gasteiger partial charge in [-0.25, -0.2) is 4.79 Å². The molecule has 0 spiro atoms. The first-order valence-corrected chi connectivity index (χ1v) is 14.7. The molecule has 2 aliphatic rings. The summed E-state index contributed by atoms with van der Waals surface area (Å²) in [4.78, 5) is 44.3. The summed E-state index contributed by atoms with van der Waals surface area (Å²) in [5, 5.41) is 6.86. The van der Waals surface area contributed by atoms with Gasteiger partial charge in [0, 0.05) is 39.1 Å². The Morgan fingerprint density at radius 3 is 2.31 bits per heavy atom. The van der Waals surface area contributed by atoms with Crippen LogP contribution >= 0.6 is 23.2 Å². The lowest BCUT2D eigenvalue weighted by atomic mass is 9.74. The summed E-state index contributed by atoms with van der Waals surface area (Å²) in [5.74, 6) is -0.224. The lowest BCUT2D eigenvalue weighted by Crippen LogP contribution is -2.59. The van der Waals surface area contributed by atoms with Crippen LogP contribution in [0.25, 0.3) is 0 Å². The number of rotatable bonds is 8. The topological polar surface area (TPSA) is 81.8 Å². The number of hydrogen-bond donors (Lipinski definition) is 2. The number of benzene rings is 2. The van der Waals surface area contributed by atoms with Crippen molar-refractivity contribution in [2.45, 2.75) is 57.9 Å². The zero-order valence-electron chi connectivity index (χ0n) is 22.6. The van der Waals surface area contributed by atoms with Gasteiger partial charge in [-0.15, -0.1) is 0 Å². The van der Waals surface area contributed by atoms with E-state index in [0.717, 1.165) is 30.4 Å². The second-order valence-electron chi connectivity index (χ2n) is 10.7. The molecule has 4 amide bonds. The summed E-state index contributed by atoms with van der Waals surface area (Å²) in [5.41, 5.74) is 1.12. The van der Waals surface area contributed by atoms with Crippen LogP contribution < -0.4 is 10.6 Å². The summed E-state index contributed by atoms with van der Waals surface area (Å²) < 4.78 is 0. The summed E-state index contributed by atoms with van der Waals surface area (Å²) in [6.07, 6.45) is 5.23. The van der Waals surface area contributed by atoms with Gasteiger partial charge in [0.1, 0.15) is 6.04 Å². The number of halogens is 2. The molecule has 7 nitrogen and oxygen atoms in total. The fraction of sp³-hybridized carbons (Fsp3) is 0.500. The van der Waals surface area contributed by atoms with Gasteiger partial charge in [-0.05, 0) is 68.7 Å². The molecule has 2 aromatic rings. The van der Waals surface area contributed by atoms with Crippen LogP contribution in [0, 0.1) is 5.41 Å². The van der Waals surface area contributed by atoms with Crippen LogP contribution in [0.15, 0.2) is 48.5 Å². The quantitative estimate of drug-likeness (QED) is 0.462. The maximum absolute atomic E-state index is 14.1. The van der Waals surface area contributed by atoms with E-state index < -0.39 is 11.5 Å². The van der Waals surface area contributed by atoms with Gasteiger partial charge in [-0.3, -0.25) is 9.59 Å². The zero-order valence-corrected chi connectivity index (χ0v) is 24.1. The molecule has 0 bridgehead atoms. The molecule has 1 unspecified atom stereocenters. The second kappa shape index (κ2) is 13.5. The maximum Gasteiger partial charge on any atom is 0.318 e. The lowest BCUT2D eigenvalue weighted by molar-refractivity contribution is -0.142. The Bertz CT molecular complexity index is 1160. The van der Waals surface area contributed by atoms with Crippen LogP contribution in [-0.4, -0.2) is 66.4 Å². The molecule has 2 N–H and O–H groups in total. The van der Waals surface area contributed by atoms with E-state index in [9.17, 15) is 14.4 Å². The average Bonchev–Trinajstić information content (AvgIpc) is 2.95. The molecule has 2 fully saturated rings. The Kier molecular flexibility index (Phi) is 10.1. The number of carbonyl (C=O) groups excluding carboxylic acids is 3. The minimum Gasteiger partial charge on any atom is -0.356 e. The molecule has 0 aromatic heterocycles. The van der Waals surface area contributed by atoms with E-state index >= 15 is 0 Å². The fourth-order valence-corrected chi connectivity index (χ4v) is 6.05. The number of likely N-dealkylation sites (tertiary alicyclic amines) is 2. The first-order valence-electron chi connectivity index (χ1n) is 13.9. The number of nitrogens with zero attached hydrogens (tertiary/aromatic N) is 2. The Labute approximate surface area is 241 Å². The average molecular weight is 574 g/mol. The van der Waals surface area contributed by atoms with Crippen molar-refractivity contribution in [1.82, 2.24) is 20.4 Å². The lowest BCUT2D eigenvalue weighted by Gasteiger charge is -2.43. The van der Waals surface area contributed by atoms with Gasteiger partial charge in [0.15, 0.2) is 0 Å². The summed E-state index contributed by atoms with van der Waals surface area (Å²) in [6.45, 7) is 4.62. The Balaban J connectivity index is 1.58. The number of piperidine rings is 2. The highest BCUT2D eigenvalue weighted by atomic mass is 35.5. The number of hydrogen-bond acceptors (Lipinski definition) is 3. The van der Waals surface area contributed by atoms with Crippen molar-refractivity contribution in [3.05, 3.63) is 69.7 Å². The number of amides is 4.